The van der Waals surface area contributed by atoms with Crippen molar-refractivity contribution in [2.45, 2.75) is 26.5 Å². The molecule has 5 heteroatoms. The highest BCUT2D eigenvalue weighted by atomic mass is 16.5. The highest BCUT2D eigenvalue weighted by Crippen LogP contribution is 2.12. The maximum absolute atomic E-state index is 12.6. The van der Waals surface area contributed by atoms with Gasteiger partial charge >= 0.3 is 5.97 Å². The van der Waals surface area contributed by atoms with E-state index >= 15 is 0 Å². The Morgan fingerprint density at radius 2 is 1.70 bits per heavy atom. The average molecular weight is 366 g/mol. The Bertz CT molecular complexity index is 783. The van der Waals surface area contributed by atoms with Gasteiger partial charge in [-0.3, -0.25) is 9.69 Å². The normalized spacial score (nSPS) is 16.0. The smallest absolute Gasteiger partial charge is 0.338 e. The van der Waals surface area contributed by atoms with E-state index in [-0.39, 0.29) is 5.91 Å². The first kappa shape index (κ1) is 19.1. The molecule has 0 N–H and O–H groups in total. The molecule has 3 rings (SSSR count). The van der Waals surface area contributed by atoms with Crippen molar-refractivity contribution in [3.05, 3.63) is 71.3 Å². The molecular weight excluding hydrogens is 340 g/mol. The van der Waals surface area contributed by atoms with Crippen LogP contribution in [-0.2, 0) is 16.1 Å². The maximum atomic E-state index is 12.6. The fourth-order valence-corrected chi connectivity index (χ4v) is 3.28. The van der Waals surface area contributed by atoms with Crippen LogP contribution in [0, 0.1) is 6.92 Å². The van der Waals surface area contributed by atoms with Crippen LogP contribution in [0.2, 0.25) is 0 Å². The summed E-state index contributed by atoms with van der Waals surface area (Å²) in [4.78, 5) is 29.0. The zero-order valence-electron chi connectivity index (χ0n) is 15.9. The highest BCUT2D eigenvalue weighted by Gasteiger charge is 2.27. The number of ether oxygens (including phenoxy) is 1. The second-order valence-corrected chi connectivity index (χ2v) is 7.00. The minimum absolute atomic E-state index is 0.129. The summed E-state index contributed by atoms with van der Waals surface area (Å²) in [5.41, 5.74) is 2.73. The lowest BCUT2D eigenvalue weighted by Crippen LogP contribution is -2.51. The molecule has 0 bridgehead atoms. The van der Waals surface area contributed by atoms with Crippen LogP contribution in [0.15, 0.2) is 54.6 Å². The molecule has 5 nitrogen and oxygen atoms in total. The predicted molar refractivity (Wildman–Crippen MR) is 104 cm³/mol. The van der Waals surface area contributed by atoms with Gasteiger partial charge in [0.05, 0.1) is 5.56 Å². The Balaban J connectivity index is 1.49. The first-order valence-corrected chi connectivity index (χ1v) is 9.35. The van der Waals surface area contributed by atoms with Crippen LogP contribution in [0.5, 0.6) is 0 Å². The predicted octanol–water partition coefficient (Wildman–Crippen LogP) is 2.88. The number of amides is 1. The van der Waals surface area contributed by atoms with E-state index in [1.807, 2.05) is 37.3 Å². The van der Waals surface area contributed by atoms with Gasteiger partial charge in [-0.15, -0.1) is 0 Å². The van der Waals surface area contributed by atoms with Gasteiger partial charge in [0, 0.05) is 32.7 Å². The van der Waals surface area contributed by atoms with E-state index in [1.54, 1.807) is 24.0 Å². The number of aryl methyl sites for hydroxylation is 1. The Labute approximate surface area is 160 Å². The number of piperazine rings is 1. The SMILES string of the molecule is Cc1cccc(C(=O)O[C@@H](C)C(=O)N2CCN(Cc3ccccc3)CC2)c1. The topological polar surface area (TPSA) is 49.9 Å². The summed E-state index contributed by atoms with van der Waals surface area (Å²) in [6, 6.07) is 17.5. The summed E-state index contributed by atoms with van der Waals surface area (Å²) in [7, 11) is 0. The minimum Gasteiger partial charge on any atom is -0.449 e. The van der Waals surface area contributed by atoms with Gasteiger partial charge in [0.25, 0.3) is 5.91 Å². The lowest BCUT2D eigenvalue weighted by atomic mass is 10.1. The van der Waals surface area contributed by atoms with Gasteiger partial charge in [-0.1, -0.05) is 48.0 Å². The van der Waals surface area contributed by atoms with Gasteiger partial charge in [-0.25, -0.2) is 4.79 Å². The van der Waals surface area contributed by atoms with Crippen molar-refractivity contribution >= 4 is 11.9 Å². The van der Waals surface area contributed by atoms with E-state index in [0.717, 1.165) is 25.2 Å². The van der Waals surface area contributed by atoms with Crippen LogP contribution in [0.4, 0.5) is 0 Å². The fraction of sp³-hybridized carbons (Fsp3) is 0.364. The van der Waals surface area contributed by atoms with Crippen molar-refractivity contribution < 1.29 is 14.3 Å². The summed E-state index contributed by atoms with van der Waals surface area (Å²) < 4.78 is 5.39. The average Bonchev–Trinajstić information content (AvgIpc) is 2.69. The number of hydrogen-bond donors (Lipinski definition) is 0. The number of benzene rings is 2. The van der Waals surface area contributed by atoms with E-state index in [9.17, 15) is 9.59 Å². The largest absolute Gasteiger partial charge is 0.449 e. The molecule has 1 fully saturated rings. The Morgan fingerprint density at radius 1 is 1.00 bits per heavy atom. The first-order valence-electron chi connectivity index (χ1n) is 9.35. The number of nitrogens with zero attached hydrogens (tertiary/aromatic N) is 2. The maximum Gasteiger partial charge on any atom is 0.338 e. The third-order valence-electron chi connectivity index (χ3n) is 4.82. The van der Waals surface area contributed by atoms with Crippen molar-refractivity contribution in [3.63, 3.8) is 0 Å². The van der Waals surface area contributed by atoms with Crippen LogP contribution in [0.3, 0.4) is 0 Å². The minimum atomic E-state index is -0.779. The van der Waals surface area contributed by atoms with Crippen LogP contribution in [0.1, 0.15) is 28.4 Å². The number of carbonyl (C=O) groups is 2. The van der Waals surface area contributed by atoms with E-state index in [4.69, 9.17) is 4.74 Å². The Hall–Kier alpha value is -2.66. The molecule has 0 saturated carbocycles. The third-order valence-corrected chi connectivity index (χ3v) is 4.82. The second kappa shape index (κ2) is 8.82. The van der Waals surface area contributed by atoms with Gasteiger partial charge in [-0.2, -0.15) is 0 Å². The Kier molecular flexibility index (Phi) is 6.24. The standard InChI is InChI=1S/C22H26N2O3/c1-17-7-6-10-20(15-17)22(26)27-18(2)21(25)24-13-11-23(12-14-24)16-19-8-4-3-5-9-19/h3-10,15,18H,11-14,16H2,1-2H3/t18-/m0/s1. The Morgan fingerprint density at radius 3 is 2.37 bits per heavy atom. The van der Waals surface area contributed by atoms with Crippen molar-refractivity contribution in [2.24, 2.45) is 0 Å². The van der Waals surface area contributed by atoms with Gasteiger partial charge in [0.1, 0.15) is 0 Å². The molecule has 0 radical (unpaired) electrons. The molecule has 0 spiro atoms. The van der Waals surface area contributed by atoms with Crippen LogP contribution < -0.4 is 0 Å². The molecule has 27 heavy (non-hydrogen) atoms. The van der Waals surface area contributed by atoms with Crippen LogP contribution in [-0.4, -0.2) is 54.0 Å². The monoisotopic (exact) mass is 366 g/mol. The van der Waals surface area contributed by atoms with E-state index in [2.05, 4.69) is 17.0 Å². The van der Waals surface area contributed by atoms with Crippen molar-refractivity contribution in [3.8, 4) is 0 Å². The first-order chi connectivity index (χ1) is 13.0. The molecule has 1 amide bonds. The molecule has 142 valence electrons. The molecular formula is C22H26N2O3. The molecule has 1 aliphatic heterocycles. The number of hydrogen-bond acceptors (Lipinski definition) is 4. The summed E-state index contributed by atoms with van der Waals surface area (Å²) >= 11 is 0. The summed E-state index contributed by atoms with van der Waals surface area (Å²) in [5, 5.41) is 0. The molecule has 1 aliphatic rings. The molecule has 1 atom stereocenters. The highest BCUT2D eigenvalue weighted by molar-refractivity contribution is 5.92. The van der Waals surface area contributed by atoms with Gasteiger partial charge < -0.3 is 9.64 Å². The van der Waals surface area contributed by atoms with Crippen molar-refractivity contribution in [2.75, 3.05) is 26.2 Å². The zero-order chi connectivity index (χ0) is 19.2. The quantitative estimate of drug-likeness (QED) is 0.764. The third kappa shape index (κ3) is 5.17. The summed E-state index contributed by atoms with van der Waals surface area (Å²) in [5.74, 6) is -0.586. The van der Waals surface area contributed by atoms with Gasteiger partial charge in [0.2, 0.25) is 0 Å². The van der Waals surface area contributed by atoms with Gasteiger partial charge in [-0.05, 0) is 31.5 Å². The fourth-order valence-electron chi connectivity index (χ4n) is 3.28. The molecule has 1 saturated heterocycles. The van der Waals surface area contributed by atoms with Gasteiger partial charge in [0.15, 0.2) is 6.10 Å². The number of carbonyl (C=O) groups excluding carboxylic acids is 2. The zero-order valence-corrected chi connectivity index (χ0v) is 15.9. The van der Waals surface area contributed by atoms with Crippen molar-refractivity contribution in [1.29, 1.82) is 0 Å². The molecule has 1 heterocycles. The molecule has 0 aromatic heterocycles. The summed E-state index contributed by atoms with van der Waals surface area (Å²) in [6.07, 6.45) is -0.779. The van der Waals surface area contributed by atoms with Crippen LogP contribution >= 0.6 is 0 Å². The number of rotatable bonds is 5. The second-order valence-electron chi connectivity index (χ2n) is 7.00. The lowest BCUT2D eigenvalue weighted by molar-refractivity contribution is -0.141. The lowest BCUT2D eigenvalue weighted by Gasteiger charge is -2.35. The van der Waals surface area contributed by atoms with E-state index in [1.165, 1.54) is 5.56 Å². The summed E-state index contributed by atoms with van der Waals surface area (Å²) in [6.45, 7) is 7.39. The van der Waals surface area contributed by atoms with E-state index in [0.29, 0.717) is 18.7 Å². The molecule has 2 aromatic carbocycles. The van der Waals surface area contributed by atoms with Crippen molar-refractivity contribution in [1.82, 2.24) is 9.80 Å². The molecule has 0 aliphatic carbocycles. The van der Waals surface area contributed by atoms with Crippen LogP contribution in [0.25, 0.3) is 0 Å². The molecule has 0 unspecified atom stereocenters. The number of esters is 1. The molecule has 2 aromatic rings. The van der Waals surface area contributed by atoms with E-state index < -0.39 is 12.1 Å².